The van der Waals surface area contributed by atoms with Crippen molar-refractivity contribution in [3.8, 4) is 22.6 Å². The Balaban J connectivity index is 1.46. The zero-order chi connectivity index (χ0) is 22.8. The molecule has 6 nitrogen and oxygen atoms in total. The number of nitrogens with zero attached hydrogens (tertiary/aromatic N) is 3. The van der Waals surface area contributed by atoms with Crippen LogP contribution in [0.3, 0.4) is 0 Å². The lowest BCUT2D eigenvalue weighted by atomic mass is 10.0. The smallest absolute Gasteiger partial charge is 0.272 e. The Morgan fingerprint density at radius 1 is 0.879 bits per heavy atom. The Morgan fingerprint density at radius 3 is 2.36 bits per heavy atom. The first-order chi connectivity index (χ1) is 16.1. The molecule has 3 aromatic carbocycles. The average Bonchev–Trinajstić information content (AvgIpc) is 3.44. The van der Waals surface area contributed by atoms with Gasteiger partial charge in [-0.2, -0.15) is 5.10 Å². The maximum Gasteiger partial charge on any atom is 0.272 e. The van der Waals surface area contributed by atoms with Gasteiger partial charge in [-0.3, -0.25) is 9.48 Å². The van der Waals surface area contributed by atoms with Gasteiger partial charge in [0.25, 0.3) is 5.91 Å². The van der Waals surface area contributed by atoms with Crippen molar-refractivity contribution in [3.05, 3.63) is 101 Å². The fraction of sp³-hybridized carbons (Fsp3) is 0.185. The van der Waals surface area contributed by atoms with E-state index in [-0.39, 0.29) is 12.7 Å². The normalized spacial score (nSPS) is 12.1. The highest BCUT2D eigenvalue weighted by atomic mass is 16.7. The second-order valence-electron chi connectivity index (χ2n) is 8.21. The van der Waals surface area contributed by atoms with E-state index in [4.69, 9.17) is 9.47 Å². The minimum atomic E-state index is -0.0686. The molecular weight excluding hydrogens is 414 g/mol. The summed E-state index contributed by atoms with van der Waals surface area (Å²) in [5.41, 5.74) is 5.69. The van der Waals surface area contributed by atoms with Crippen LogP contribution in [-0.4, -0.2) is 27.4 Å². The number of amides is 1. The van der Waals surface area contributed by atoms with E-state index < -0.39 is 0 Å². The summed E-state index contributed by atoms with van der Waals surface area (Å²) < 4.78 is 12.6. The summed E-state index contributed by atoms with van der Waals surface area (Å²) in [6.45, 7) is 3.03. The lowest BCUT2D eigenvalue weighted by Gasteiger charge is -2.23. The minimum Gasteiger partial charge on any atom is -0.454 e. The first kappa shape index (κ1) is 20.8. The summed E-state index contributed by atoms with van der Waals surface area (Å²) in [5.74, 6) is 1.37. The molecule has 0 N–H and O–H groups in total. The quantitative estimate of drug-likeness (QED) is 0.426. The van der Waals surface area contributed by atoms with Gasteiger partial charge in [0.05, 0.1) is 5.69 Å². The van der Waals surface area contributed by atoms with Crippen LogP contribution in [0, 0.1) is 6.92 Å². The zero-order valence-corrected chi connectivity index (χ0v) is 18.7. The van der Waals surface area contributed by atoms with E-state index in [9.17, 15) is 4.79 Å². The fourth-order valence-electron chi connectivity index (χ4n) is 4.13. The molecule has 166 valence electrons. The van der Waals surface area contributed by atoms with Crippen molar-refractivity contribution < 1.29 is 14.3 Å². The molecule has 1 amide bonds. The lowest BCUT2D eigenvalue weighted by Crippen LogP contribution is -2.31. The first-order valence-corrected chi connectivity index (χ1v) is 10.9. The third kappa shape index (κ3) is 4.46. The predicted octanol–water partition coefficient (Wildman–Crippen LogP) is 4.97. The van der Waals surface area contributed by atoms with Crippen molar-refractivity contribution >= 4 is 5.91 Å². The van der Waals surface area contributed by atoms with Crippen LogP contribution < -0.4 is 9.47 Å². The number of ether oxygens (including phenoxy) is 2. The summed E-state index contributed by atoms with van der Waals surface area (Å²) in [5, 5.41) is 4.36. The molecule has 0 bridgehead atoms. The van der Waals surface area contributed by atoms with Crippen LogP contribution in [0.25, 0.3) is 11.1 Å². The molecule has 0 fully saturated rings. The number of aromatic nitrogens is 2. The Hall–Kier alpha value is -4.06. The number of aryl methyl sites for hydroxylation is 2. The molecule has 0 saturated carbocycles. The van der Waals surface area contributed by atoms with Crippen LogP contribution >= 0.6 is 0 Å². The first-order valence-electron chi connectivity index (χ1n) is 10.9. The summed E-state index contributed by atoms with van der Waals surface area (Å²) in [4.78, 5) is 15.4. The van der Waals surface area contributed by atoms with Crippen molar-refractivity contribution in [2.45, 2.75) is 20.0 Å². The zero-order valence-electron chi connectivity index (χ0n) is 18.7. The van der Waals surface area contributed by atoms with Crippen LogP contribution in [0.4, 0.5) is 0 Å². The summed E-state index contributed by atoms with van der Waals surface area (Å²) in [7, 11) is 1.80. The number of hydrogen-bond donors (Lipinski definition) is 0. The third-order valence-corrected chi connectivity index (χ3v) is 5.73. The maximum atomic E-state index is 13.6. The summed E-state index contributed by atoms with van der Waals surface area (Å²) in [6.07, 6.45) is 0. The van der Waals surface area contributed by atoms with Gasteiger partial charge >= 0.3 is 0 Å². The van der Waals surface area contributed by atoms with E-state index in [1.54, 1.807) is 11.7 Å². The molecule has 5 rings (SSSR count). The molecule has 0 atom stereocenters. The number of benzene rings is 3. The lowest BCUT2D eigenvalue weighted by molar-refractivity contribution is 0.0718. The topological polar surface area (TPSA) is 56.6 Å². The van der Waals surface area contributed by atoms with E-state index in [0.717, 1.165) is 33.7 Å². The van der Waals surface area contributed by atoms with Crippen molar-refractivity contribution in [1.29, 1.82) is 0 Å². The van der Waals surface area contributed by atoms with E-state index in [0.29, 0.717) is 24.5 Å². The van der Waals surface area contributed by atoms with Gasteiger partial charge in [0.15, 0.2) is 11.5 Å². The standard InChI is InChI=1S/C27H25N3O3/c1-19-13-24(29(2)28-19)27(31)30(17-21-11-12-25-26(15-21)33-18-32-25)16-20-7-6-10-23(14-20)22-8-4-3-5-9-22/h3-15H,16-18H2,1-2H3. The highest BCUT2D eigenvalue weighted by Gasteiger charge is 2.22. The second-order valence-corrected chi connectivity index (χ2v) is 8.21. The average molecular weight is 440 g/mol. The van der Waals surface area contributed by atoms with Crippen molar-refractivity contribution in [1.82, 2.24) is 14.7 Å². The predicted molar refractivity (Wildman–Crippen MR) is 126 cm³/mol. The second kappa shape index (κ2) is 8.82. The van der Waals surface area contributed by atoms with Gasteiger partial charge < -0.3 is 14.4 Å². The highest BCUT2D eigenvalue weighted by Crippen LogP contribution is 2.33. The van der Waals surface area contributed by atoms with Crippen molar-refractivity contribution in [2.24, 2.45) is 7.05 Å². The number of fused-ring (bicyclic) bond motifs is 1. The van der Waals surface area contributed by atoms with Crippen LogP contribution in [-0.2, 0) is 20.1 Å². The maximum absolute atomic E-state index is 13.6. The molecular formula is C27H25N3O3. The molecule has 33 heavy (non-hydrogen) atoms. The van der Waals surface area contributed by atoms with Gasteiger partial charge in [0.2, 0.25) is 6.79 Å². The molecule has 0 unspecified atom stereocenters. The third-order valence-electron chi connectivity index (χ3n) is 5.73. The van der Waals surface area contributed by atoms with Crippen molar-refractivity contribution in [2.75, 3.05) is 6.79 Å². The Bertz CT molecular complexity index is 1300. The number of carbonyl (C=O) groups is 1. The molecule has 4 aromatic rings. The highest BCUT2D eigenvalue weighted by molar-refractivity contribution is 5.92. The molecule has 0 aliphatic carbocycles. The van der Waals surface area contributed by atoms with Crippen LogP contribution in [0.5, 0.6) is 11.5 Å². The Kier molecular flexibility index (Phi) is 5.57. The summed E-state index contributed by atoms with van der Waals surface area (Å²) in [6, 6.07) is 26.2. The Morgan fingerprint density at radius 2 is 1.61 bits per heavy atom. The van der Waals surface area contributed by atoms with Gasteiger partial charge in [-0.15, -0.1) is 0 Å². The SMILES string of the molecule is Cc1cc(C(=O)N(Cc2cccc(-c3ccccc3)c2)Cc2ccc3c(c2)OCO3)n(C)n1. The number of hydrogen-bond acceptors (Lipinski definition) is 4. The number of carbonyl (C=O) groups excluding carboxylic acids is 1. The van der Waals surface area contributed by atoms with E-state index in [1.165, 1.54) is 0 Å². The van der Waals surface area contributed by atoms with E-state index in [1.807, 2.05) is 60.4 Å². The fourth-order valence-corrected chi connectivity index (χ4v) is 4.13. The van der Waals surface area contributed by atoms with E-state index >= 15 is 0 Å². The molecule has 0 radical (unpaired) electrons. The molecule has 1 aliphatic heterocycles. The number of rotatable bonds is 6. The molecule has 2 heterocycles. The molecule has 6 heteroatoms. The summed E-state index contributed by atoms with van der Waals surface area (Å²) >= 11 is 0. The van der Waals surface area contributed by atoms with Gasteiger partial charge in [-0.1, -0.05) is 54.6 Å². The Labute approximate surface area is 193 Å². The van der Waals surface area contributed by atoms with Gasteiger partial charge in [-0.25, -0.2) is 0 Å². The van der Waals surface area contributed by atoms with Gasteiger partial charge in [0, 0.05) is 20.1 Å². The molecule has 1 aromatic heterocycles. The van der Waals surface area contributed by atoms with Crippen LogP contribution in [0.15, 0.2) is 78.9 Å². The van der Waals surface area contributed by atoms with Gasteiger partial charge in [0.1, 0.15) is 5.69 Å². The molecule has 0 saturated heterocycles. The minimum absolute atomic E-state index is 0.0686. The van der Waals surface area contributed by atoms with Gasteiger partial charge in [-0.05, 0) is 53.4 Å². The monoisotopic (exact) mass is 439 g/mol. The molecule has 1 aliphatic rings. The van der Waals surface area contributed by atoms with Crippen molar-refractivity contribution in [3.63, 3.8) is 0 Å². The van der Waals surface area contributed by atoms with E-state index in [2.05, 4.69) is 35.4 Å². The molecule has 0 spiro atoms. The van der Waals surface area contributed by atoms with Crippen LogP contribution in [0.1, 0.15) is 27.3 Å². The van der Waals surface area contributed by atoms with Crippen LogP contribution in [0.2, 0.25) is 0 Å². The largest absolute Gasteiger partial charge is 0.454 e.